The second kappa shape index (κ2) is 12.4. The minimum atomic E-state index is 0. The highest BCUT2D eigenvalue weighted by atomic mass is 35.5. The normalized spacial score (nSPS) is 18.2. The lowest BCUT2D eigenvalue weighted by Crippen LogP contribution is -2.46. The summed E-state index contributed by atoms with van der Waals surface area (Å²) in [6.07, 6.45) is 5.40. The molecule has 0 bridgehead atoms. The summed E-state index contributed by atoms with van der Waals surface area (Å²) >= 11 is 0. The number of ether oxygens (including phenoxy) is 2. The highest BCUT2D eigenvalue weighted by Gasteiger charge is 2.32. The number of halogens is 2. The van der Waals surface area contributed by atoms with Crippen molar-refractivity contribution in [2.24, 2.45) is 5.92 Å². The van der Waals surface area contributed by atoms with Gasteiger partial charge in [-0.1, -0.05) is 49.2 Å². The van der Waals surface area contributed by atoms with Gasteiger partial charge >= 0.3 is 0 Å². The highest BCUT2D eigenvalue weighted by molar-refractivity contribution is 5.85. The topological polar surface area (TPSA) is 33.7 Å². The minimum Gasteiger partial charge on any atom is -0.493 e. The number of piperazine rings is 1. The van der Waals surface area contributed by atoms with Crippen LogP contribution in [0.5, 0.6) is 11.5 Å². The van der Waals surface area contributed by atoms with Gasteiger partial charge in [0.1, 0.15) is 6.61 Å². The Hall–Kier alpha value is -1.46. The molecule has 1 atom stereocenters. The van der Waals surface area contributed by atoms with E-state index in [0.29, 0.717) is 12.6 Å². The summed E-state index contributed by atoms with van der Waals surface area (Å²) in [6, 6.07) is 17.3. The van der Waals surface area contributed by atoms with Gasteiger partial charge in [0, 0.05) is 32.2 Å². The van der Waals surface area contributed by atoms with Gasteiger partial charge in [-0.15, -0.1) is 24.8 Å². The summed E-state index contributed by atoms with van der Waals surface area (Å²) in [4.78, 5) is 2.67. The molecule has 166 valence electrons. The van der Waals surface area contributed by atoms with Crippen LogP contribution in [0.15, 0.2) is 48.5 Å². The maximum absolute atomic E-state index is 6.07. The van der Waals surface area contributed by atoms with Crippen molar-refractivity contribution in [1.82, 2.24) is 10.2 Å². The van der Waals surface area contributed by atoms with Gasteiger partial charge in [-0.25, -0.2) is 0 Å². The molecular weight excluding hydrogens is 419 g/mol. The van der Waals surface area contributed by atoms with Crippen molar-refractivity contribution < 1.29 is 9.47 Å². The van der Waals surface area contributed by atoms with Gasteiger partial charge in [0.2, 0.25) is 0 Å². The molecule has 2 aliphatic rings. The van der Waals surface area contributed by atoms with E-state index in [9.17, 15) is 0 Å². The van der Waals surface area contributed by atoms with Crippen molar-refractivity contribution in [3.63, 3.8) is 0 Å². The zero-order valence-corrected chi connectivity index (χ0v) is 19.4. The van der Waals surface area contributed by atoms with E-state index >= 15 is 0 Å². The molecule has 0 amide bonds. The molecule has 1 aliphatic heterocycles. The van der Waals surface area contributed by atoms with E-state index < -0.39 is 0 Å². The van der Waals surface area contributed by atoms with E-state index in [-0.39, 0.29) is 24.8 Å². The molecule has 0 aromatic heterocycles. The van der Waals surface area contributed by atoms with Gasteiger partial charge in [-0.3, -0.25) is 4.90 Å². The average molecular weight is 453 g/mol. The Morgan fingerprint density at radius 1 is 0.967 bits per heavy atom. The molecule has 1 heterocycles. The van der Waals surface area contributed by atoms with Crippen LogP contribution in [0.3, 0.4) is 0 Å². The summed E-state index contributed by atoms with van der Waals surface area (Å²) in [5.74, 6) is 2.41. The molecule has 1 aliphatic carbocycles. The molecule has 0 radical (unpaired) electrons. The first-order valence-corrected chi connectivity index (χ1v) is 10.6. The molecule has 2 aromatic rings. The van der Waals surface area contributed by atoms with Crippen LogP contribution in [0.4, 0.5) is 0 Å². The zero-order chi connectivity index (χ0) is 19.2. The summed E-state index contributed by atoms with van der Waals surface area (Å²) in [6.45, 7) is 4.96. The largest absolute Gasteiger partial charge is 0.493 e. The third-order valence-corrected chi connectivity index (χ3v) is 6.16. The Balaban J connectivity index is 0.00000160. The summed E-state index contributed by atoms with van der Waals surface area (Å²) in [7, 11) is 1.74. The van der Waals surface area contributed by atoms with E-state index in [1.165, 1.54) is 36.8 Å². The van der Waals surface area contributed by atoms with Crippen molar-refractivity contribution in [3.05, 3.63) is 59.7 Å². The highest BCUT2D eigenvalue weighted by Crippen LogP contribution is 2.42. The smallest absolute Gasteiger partial charge is 0.161 e. The maximum Gasteiger partial charge on any atom is 0.161 e. The number of methoxy groups -OCH3 is 1. The van der Waals surface area contributed by atoms with Crippen LogP contribution < -0.4 is 14.8 Å². The van der Waals surface area contributed by atoms with Crippen LogP contribution >= 0.6 is 24.8 Å². The van der Waals surface area contributed by atoms with Gasteiger partial charge in [0.05, 0.1) is 7.11 Å². The first-order chi connectivity index (χ1) is 13.8. The molecule has 0 spiro atoms. The maximum atomic E-state index is 6.07. The number of hydrogen-bond donors (Lipinski definition) is 1. The lowest BCUT2D eigenvalue weighted by atomic mass is 9.89. The number of nitrogens with one attached hydrogen (secondary N) is 1. The Bertz CT molecular complexity index is 748. The van der Waals surface area contributed by atoms with Crippen LogP contribution in [-0.2, 0) is 6.61 Å². The van der Waals surface area contributed by atoms with Crippen molar-refractivity contribution in [1.29, 1.82) is 0 Å². The monoisotopic (exact) mass is 452 g/mol. The van der Waals surface area contributed by atoms with Crippen molar-refractivity contribution in [3.8, 4) is 11.5 Å². The molecule has 4 rings (SSSR count). The Morgan fingerprint density at radius 2 is 1.67 bits per heavy atom. The Labute approximate surface area is 193 Å². The third kappa shape index (κ3) is 6.04. The average Bonchev–Trinajstić information content (AvgIpc) is 3.28. The van der Waals surface area contributed by atoms with E-state index in [2.05, 4.69) is 40.5 Å². The van der Waals surface area contributed by atoms with Gasteiger partial charge in [-0.05, 0) is 42.0 Å². The fraction of sp³-hybridized carbons (Fsp3) is 0.500. The molecule has 1 saturated carbocycles. The molecule has 30 heavy (non-hydrogen) atoms. The molecule has 0 unspecified atom stereocenters. The third-order valence-electron chi connectivity index (χ3n) is 6.16. The Kier molecular flexibility index (Phi) is 10.3. The predicted molar refractivity (Wildman–Crippen MR) is 127 cm³/mol. The molecule has 1 saturated heterocycles. The fourth-order valence-electron chi connectivity index (χ4n) is 4.74. The fourth-order valence-corrected chi connectivity index (χ4v) is 4.74. The standard InChI is InChI=1S/C24H32N2O2.2ClH/c1-27-23-17-21(11-12-22(23)28-18-19-7-3-2-4-8-19)24(20-9-5-6-10-20)26-15-13-25-14-16-26;;/h2-4,7-8,11-12,17,20,24-25H,5-6,9-10,13-16,18H2,1H3;2*1H/t24-;;/m1../s1. The second-order valence-corrected chi connectivity index (χ2v) is 7.96. The zero-order valence-electron chi connectivity index (χ0n) is 17.7. The Morgan fingerprint density at radius 3 is 2.33 bits per heavy atom. The number of hydrogen-bond acceptors (Lipinski definition) is 4. The van der Waals surface area contributed by atoms with Gasteiger partial charge in [0.15, 0.2) is 11.5 Å². The van der Waals surface area contributed by atoms with Crippen LogP contribution in [0, 0.1) is 5.92 Å². The van der Waals surface area contributed by atoms with Gasteiger partial charge < -0.3 is 14.8 Å². The first-order valence-electron chi connectivity index (χ1n) is 10.6. The summed E-state index contributed by atoms with van der Waals surface area (Å²) < 4.78 is 11.8. The molecule has 6 heteroatoms. The van der Waals surface area contributed by atoms with E-state index in [0.717, 1.165) is 43.6 Å². The van der Waals surface area contributed by atoms with E-state index in [4.69, 9.17) is 9.47 Å². The number of nitrogens with zero attached hydrogens (tertiary/aromatic N) is 1. The van der Waals surface area contributed by atoms with Crippen LogP contribution in [-0.4, -0.2) is 38.2 Å². The predicted octanol–water partition coefficient (Wildman–Crippen LogP) is 5.25. The molecule has 4 nitrogen and oxygen atoms in total. The van der Waals surface area contributed by atoms with Crippen LogP contribution in [0.25, 0.3) is 0 Å². The van der Waals surface area contributed by atoms with Gasteiger partial charge in [0.25, 0.3) is 0 Å². The summed E-state index contributed by atoms with van der Waals surface area (Å²) in [5, 5.41) is 3.49. The SMILES string of the molecule is COc1cc([C@@H](C2CCCC2)N2CCNCC2)ccc1OCc1ccccc1.Cl.Cl. The second-order valence-electron chi connectivity index (χ2n) is 7.96. The molecular formula is C24H34Cl2N2O2. The van der Waals surface area contributed by atoms with Crippen molar-refractivity contribution >= 4 is 24.8 Å². The molecule has 2 fully saturated rings. The van der Waals surface area contributed by atoms with E-state index in [1.54, 1.807) is 7.11 Å². The number of benzene rings is 2. The number of rotatable bonds is 7. The lowest BCUT2D eigenvalue weighted by molar-refractivity contribution is 0.125. The van der Waals surface area contributed by atoms with Gasteiger partial charge in [-0.2, -0.15) is 0 Å². The summed E-state index contributed by atoms with van der Waals surface area (Å²) in [5.41, 5.74) is 2.54. The van der Waals surface area contributed by atoms with Crippen molar-refractivity contribution in [2.45, 2.75) is 38.3 Å². The molecule has 2 aromatic carbocycles. The first kappa shape index (κ1) is 24.8. The quantitative estimate of drug-likeness (QED) is 0.621. The lowest BCUT2D eigenvalue weighted by Gasteiger charge is -2.38. The van der Waals surface area contributed by atoms with Crippen molar-refractivity contribution in [2.75, 3.05) is 33.3 Å². The minimum absolute atomic E-state index is 0. The van der Waals surface area contributed by atoms with Crippen LogP contribution in [0.2, 0.25) is 0 Å². The van der Waals surface area contributed by atoms with E-state index in [1.807, 2.05) is 18.2 Å². The molecule has 1 N–H and O–H groups in total. The van der Waals surface area contributed by atoms with Crippen LogP contribution in [0.1, 0.15) is 42.9 Å².